The van der Waals surface area contributed by atoms with Crippen molar-refractivity contribution in [2.75, 3.05) is 7.05 Å². The molecule has 0 aliphatic heterocycles. The van der Waals surface area contributed by atoms with Gasteiger partial charge in [-0.2, -0.15) is 0 Å². The van der Waals surface area contributed by atoms with Crippen LogP contribution in [-0.2, 0) is 6.42 Å². The molecule has 0 spiro atoms. The van der Waals surface area contributed by atoms with Crippen LogP contribution in [-0.4, -0.2) is 12.0 Å². The minimum Gasteiger partial charge on any atom is -0.313 e. The highest BCUT2D eigenvalue weighted by Crippen LogP contribution is 2.19. The van der Waals surface area contributed by atoms with E-state index in [0.29, 0.717) is 6.04 Å². The van der Waals surface area contributed by atoms with Gasteiger partial charge in [0.15, 0.2) is 0 Å². The van der Waals surface area contributed by atoms with Gasteiger partial charge < -0.3 is 5.32 Å². The molecule has 1 atom stereocenters. The van der Waals surface area contributed by atoms with Crippen molar-refractivity contribution in [3.8, 4) is 0 Å². The molecule has 0 bridgehead atoms. The molecule has 0 aliphatic carbocycles. The number of rotatable bonds is 4. The molecule has 1 aromatic carbocycles. The Hall–Kier alpha value is -1.67. The summed E-state index contributed by atoms with van der Waals surface area (Å²) in [5.41, 5.74) is 4.83. The predicted molar refractivity (Wildman–Crippen MR) is 75.7 cm³/mol. The third-order valence-corrected chi connectivity index (χ3v) is 3.14. The van der Waals surface area contributed by atoms with Crippen LogP contribution in [0.1, 0.15) is 28.6 Å². The summed E-state index contributed by atoms with van der Waals surface area (Å²) in [6.07, 6.45) is 1.00. The second-order valence-corrected chi connectivity index (χ2v) is 4.71. The van der Waals surface area contributed by atoms with Crippen LogP contribution in [0.5, 0.6) is 0 Å². The lowest BCUT2D eigenvalue weighted by Crippen LogP contribution is -2.19. The van der Waals surface area contributed by atoms with Crippen LogP contribution in [0.4, 0.5) is 0 Å². The second-order valence-electron chi connectivity index (χ2n) is 4.71. The van der Waals surface area contributed by atoms with Crippen molar-refractivity contribution in [3.05, 3.63) is 65.0 Å². The first-order valence-corrected chi connectivity index (χ1v) is 6.35. The first-order valence-electron chi connectivity index (χ1n) is 6.35. The van der Waals surface area contributed by atoms with Crippen LogP contribution in [0.25, 0.3) is 0 Å². The largest absolute Gasteiger partial charge is 0.313 e. The summed E-state index contributed by atoms with van der Waals surface area (Å²) in [5, 5.41) is 3.39. The second kappa shape index (κ2) is 5.78. The van der Waals surface area contributed by atoms with Gasteiger partial charge in [-0.05, 0) is 50.6 Å². The van der Waals surface area contributed by atoms with Gasteiger partial charge in [0, 0.05) is 17.4 Å². The molecule has 1 N–H and O–H groups in total. The molecule has 0 radical (unpaired) electrons. The zero-order valence-electron chi connectivity index (χ0n) is 11.3. The van der Waals surface area contributed by atoms with E-state index in [4.69, 9.17) is 0 Å². The summed E-state index contributed by atoms with van der Waals surface area (Å²) in [7, 11) is 2.01. The van der Waals surface area contributed by atoms with Gasteiger partial charge in [0.25, 0.3) is 0 Å². The molecular weight excluding hydrogens is 220 g/mol. The smallest absolute Gasteiger partial charge is 0.0379 e. The molecular formula is C16H20N2. The van der Waals surface area contributed by atoms with Crippen LogP contribution >= 0.6 is 0 Å². The maximum absolute atomic E-state index is 4.43. The number of pyridine rings is 1. The monoisotopic (exact) mass is 240 g/mol. The van der Waals surface area contributed by atoms with E-state index >= 15 is 0 Å². The fourth-order valence-corrected chi connectivity index (χ4v) is 2.30. The number of hydrogen-bond donors (Lipinski definition) is 1. The summed E-state index contributed by atoms with van der Waals surface area (Å²) in [6.45, 7) is 4.09. The van der Waals surface area contributed by atoms with Gasteiger partial charge in [0.05, 0.1) is 0 Å². The van der Waals surface area contributed by atoms with Crippen LogP contribution in [0, 0.1) is 13.8 Å². The summed E-state index contributed by atoms with van der Waals surface area (Å²) in [6, 6.07) is 15.2. The minimum atomic E-state index is 0.341. The predicted octanol–water partition coefficient (Wildman–Crippen LogP) is 3.20. The molecule has 0 aliphatic rings. The minimum absolute atomic E-state index is 0.341. The maximum atomic E-state index is 4.43. The van der Waals surface area contributed by atoms with Crippen molar-refractivity contribution in [1.82, 2.24) is 10.3 Å². The third-order valence-electron chi connectivity index (χ3n) is 3.14. The fraction of sp³-hybridized carbons (Fsp3) is 0.312. The number of nitrogens with one attached hydrogen (secondary N) is 1. The molecule has 1 heterocycles. The molecule has 0 fully saturated rings. The molecule has 1 aromatic heterocycles. The topological polar surface area (TPSA) is 24.9 Å². The Bertz CT molecular complexity index is 486. The van der Waals surface area contributed by atoms with E-state index in [9.17, 15) is 0 Å². The summed E-state index contributed by atoms with van der Waals surface area (Å²) in [4.78, 5) is 4.43. The molecule has 0 saturated heterocycles. The van der Waals surface area contributed by atoms with Crippen molar-refractivity contribution in [3.63, 3.8) is 0 Å². The quantitative estimate of drug-likeness (QED) is 0.887. The van der Waals surface area contributed by atoms with Crippen molar-refractivity contribution in [2.24, 2.45) is 0 Å². The van der Waals surface area contributed by atoms with Crippen LogP contribution < -0.4 is 5.32 Å². The Labute approximate surface area is 109 Å². The SMILES string of the molecule is CNC(Cc1ccccc1)c1cc(C)nc(C)c1. The van der Waals surface area contributed by atoms with Crippen molar-refractivity contribution in [2.45, 2.75) is 26.3 Å². The summed E-state index contributed by atoms with van der Waals surface area (Å²) < 4.78 is 0. The van der Waals surface area contributed by atoms with E-state index in [-0.39, 0.29) is 0 Å². The molecule has 2 nitrogen and oxygen atoms in total. The highest BCUT2D eigenvalue weighted by Gasteiger charge is 2.11. The summed E-state index contributed by atoms with van der Waals surface area (Å²) in [5.74, 6) is 0. The number of hydrogen-bond acceptors (Lipinski definition) is 2. The Morgan fingerprint density at radius 3 is 2.22 bits per heavy atom. The summed E-state index contributed by atoms with van der Waals surface area (Å²) >= 11 is 0. The highest BCUT2D eigenvalue weighted by molar-refractivity contribution is 5.26. The van der Waals surface area contributed by atoms with Gasteiger partial charge >= 0.3 is 0 Å². The number of benzene rings is 1. The first-order chi connectivity index (χ1) is 8.69. The molecule has 0 amide bonds. The van der Waals surface area contributed by atoms with Crippen molar-refractivity contribution >= 4 is 0 Å². The average molecular weight is 240 g/mol. The molecule has 94 valence electrons. The molecule has 0 saturated carbocycles. The number of nitrogens with zero attached hydrogens (tertiary/aromatic N) is 1. The Balaban J connectivity index is 2.23. The average Bonchev–Trinajstić information content (AvgIpc) is 2.36. The van der Waals surface area contributed by atoms with Crippen LogP contribution in [0.15, 0.2) is 42.5 Å². The zero-order chi connectivity index (χ0) is 13.0. The van der Waals surface area contributed by atoms with E-state index in [1.54, 1.807) is 0 Å². The molecule has 2 rings (SSSR count). The van der Waals surface area contributed by atoms with Crippen molar-refractivity contribution < 1.29 is 0 Å². The molecule has 18 heavy (non-hydrogen) atoms. The van der Waals surface area contributed by atoms with Gasteiger partial charge in [-0.1, -0.05) is 30.3 Å². The number of likely N-dealkylation sites (N-methyl/N-ethyl adjacent to an activating group) is 1. The van der Waals surface area contributed by atoms with E-state index in [0.717, 1.165) is 17.8 Å². The van der Waals surface area contributed by atoms with Gasteiger partial charge in [-0.3, -0.25) is 4.98 Å². The lowest BCUT2D eigenvalue weighted by atomic mass is 9.98. The number of aromatic nitrogens is 1. The van der Waals surface area contributed by atoms with E-state index < -0.39 is 0 Å². The first kappa shape index (κ1) is 12.8. The normalized spacial score (nSPS) is 12.4. The Morgan fingerprint density at radius 2 is 1.67 bits per heavy atom. The van der Waals surface area contributed by atoms with Gasteiger partial charge in [0.2, 0.25) is 0 Å². The lowest BCUT2D eigenvalue weighted by Gasteiger charge is -2.17. The maximum Gasteiger partial charge on any atom is 0.0379 e. The van der Waals surface area contributed by atoms with E-state index in [1.165, 1.54) is 11.1 Å². The molecule has 2 heteroatoms. The van der Waals surface area contributed by atoms with Gasteiger partial charge in [-0.25, -0.2) is 0 Å². The van der Waals surface area contributed by atoms with E-state index in [2.05, 4.69) is 52.8 Å². The highest BCUT2D eigenvalue weighted by atomic mass is 14.9. The van der Waals surface area contributed by atoms with Crippen molar-refractivity contribution in [1.29, 1.82) is 0 Å². The molecule has 2 aromatic rings. The fourth-order valence-electron chi connectivity index (χ4n) is 2.30. The third kappa shape index (κ3) is 3.17. The van der Waals surface area contributed by atoms with Crippen LogP contribution in [0.2, 0.25) is 0 Å². The molecule has 1 unspecified atom stereocenters. The van der Waals surface area contributed by atoms with Crippen LogP contribution in [0.3, 0.4) is 0 Å². The lowest BCUT2D eigenvalue weighted by molar-refractivity contribution is 0.590. The van der Waals surface area contributed by atoms with E-state index in [1.807, 2.05) is 20.9 Å². The van der Waals surface area contributed by atoms with Gasteiger partial charge in [-0.15, -0.1) is 0 Å². The Morgan fingerprint density at radius 1 is 1.06 bits per heavy atom. The zero-order valence-corrected chi connectivity index (χ0v) is 11.3. The number of aryl methyl sites for hydroxylation is 2. The Kier molecular flexibility index (Phi) is 4.11. The standard InChI is InChI=1S/C16H20N2/c1-12-9-15(10-13(2)18-12)16(17-3)11-14-7-5-4-6-8-14/h4-10,16-17H,11H2,1-3H3. The van der Waals surface area contributed by atoms with Gasteiger partial charge in [0.1, 0.15) is 0 Å².